The number of ether oxygens (including phenoxy) is 2. The first-order valence-corrected chi connectivity index (χ1v) is 12.8. The highest BCUT2D eigenvalue weighted by Crippen LogP contribution is 2.51. The SMILES string of the molecule is C[C@@H](CO)NC(=O)c1ccc(NC(=O)C2(c3ccc4c(c3)OCO4)CC2)cc1-c1ccc(C(=O)N(C)C)cc1. The minimum Gasteiger partial charge on any atom is -0.454 e. The lowest BCUT2D eigenvalue weighted by molar-refractivity contribution is -0.118. The van der Waals surface area contributed by atoms with Gasteiger partial charge in [0, 0.05) is 37.0 Å². The van der Waals surface area contributed by atoms with Crippen molar-refractivity contribution < 1.29 is 29.0 Å². The van der Waals surface area contributed by atoms with Crippen LogP contribution in [0, 0.1) is 0 Å². The van der Waals surface area contributed by atoms with Crippen LogP contribution < -0.4 is 20.1 Å². The second-order valence-corrected chi connectivity index (χ2v) is 10.2. The fraction of sp³-hybridized carbons (Fsp3) is 0.300. The predicted octanol–water partition coefficient (Wildman–Crippen LogP) is 3.57. The molecule has 0 radical (unpaired) electrons. The Kier molecular flexibility index (Phi) is 7.01. The van der Waals surface area contributed by atoms with E-state index >= 15 is 0 Å². The van der Waals surface area contributed by atoms with Crippen LogP contribution in [0.1, 0.15) is 46.0 Å². The maximum Gasteiger partial charge on any atom is 0.253 e. The molecule has 9 heteroatoms. The summed E-state index contributed by atoms with van der Waals surface area (Å²) in [4.78, 5) is 40.4. The molecule has 9 nitrogen and oxygen atoms in total. The molecule has 3 N–H and O–H groups in total. The van der Waals surface area contributed by atoms with E-state index in [9.17, 15) is 19.5 Å². The van der Waals surface area contributed by atoms with Gasteiger partial charge in [0.05, 0.1) is 12.0 Å². The normalized spacial score (nSPS) is 15.3. The van der Waals surface area contributed by atoms with Crippen LogP contribution >= 0.6 is 0 Å². The fourth-order valence-electron chi connectivity index (χ4n) is 4.67. The van der Waals surface area contributed by atoms with E-state index in [1.165, 1.54) is 4.90 Å². The van der Waals surface area contributed by atoms with Crippen molar-refractivity contribution in [2.75, 3.05) is 32.8 Å². The van der Waals surface area contributed by atoms with Gasteiger partial charge in [-0.1, -0.05) is 18.2 Å². The van der Waals surface area contributed by atoms with Crippen LogP contribution in [0.5, 0.6) is 11.5 Å². The lowest BCUT2D eigenvalue weighted by Crippen LogP contribution is -2.35. The van der Waals surface area contributed by atoms with Gasteiger partial charge in [0.25, 0.3) is 11.8 Å². The zero-order chi connectivity index (χ0) is 27.7. The molecule has 0 bridgehead atoms. The van der Waals surface area contributed by atoms with E-state index in [4.69, 9.17) is 9.47 Å². The second-order valence-electron chi connectivity index (χ2n) is 10.2. The van der Waals surface area contributed by atoms with Gasteiger partial charge in [-0.25, -0.2) is 0 Å². The Balaban J connectivity index is 1.45. The van der Waals surface area contributed by atoms with Crippen molar-refractivity contribution in [3.63, 3.8) is 0 Å². The standard InChI is InChI=1S/C30H31N3O6/c1-18(16-34)31-27(35)23-10-9-22(15-24(23)19-4-6-20(7-5-19)28(36)33(2)3)32-29(37)30(12-13-30)21-8-11-25-26(14-21)39-17-38-25/h4-11,14-15,18,34H,12-13,16-17H2,1-3H3,(H,31,35)(H,32,37)/t18-/m0/s1. The average molecular weight is 530 g/mol. The van der Waals surface area contributed by atoms with Gasteiger partial charge in [0.15, 0.2) is 11.5 Å². The van der Waals surface area contributed by atoms with Crippen molar-refractivity contribution in [1.82, 2.24) is 10.2 Å². The van der Waals surface area contributed by atoms with Crippen LogP contribution in [0.4, 0.5) is 5.69 Å². The summed E-state index contributed by atoms with van der Waals surface area (Å²) in [6, 6.07) is 17.2. The van der Waals surface area contributed by atoms with E-state index < -0.39 is 11.5 Å². The molecule has 1 aliphatic heterocycles. The van der Waals surface area contributed by atoms with Crippen molar-refractivity contribution in [1.29, 1.82) is 0 Å². The molecule has 2 aliphatic rings. The molecule has 3 aromatic rings. The number of hydrogen-bond donors (Lipinski definition) is 3. The van der Waals surface area contributed by atoms with Crippen LogP contribution in [-0.2, 0) is 10.2 Å². The monoisotopic (exact) mass is 529 g/mol. The van der Waals surface area contributed by atoms with E-state index in [0.717, 1.165) is 5.56 Å². The highest BCUT2D eigenvalue weighted by atomic mass is 16.7. The molecule has 1 saturated carbocycles. The van der Waals surface area contributed by atoms with Crippen molar-refractivity contribution in [2.24, 2.45) is 0 Å². The van der Waals surface area contributed by atoms with Gasteiger partial charge < -0.3 is 30.1 Å². The Morgan fingerprint density at radius 1 is 0.974 bits per heavy atom. The number of carbonyl (C=O) groups excluding carboxylic acids is 3. The molecular formula is C30H31N3O6. The Morgan fingerprint density at radius 2 is 1.69 bits per heavy atom. The number of carbonyl (C=O) groups is 3. The van der Waals surface area contributed by atoms with Gasteiger partial charge in [-0.3, -0.25) is 14.4 Å². The molecule has 0 spiro atoms. The van der Waals surface area contributed by atoms with Gasteiger partial charge in [0.1, 0.15) is 0 Å². The van der Waals surface area contributed by atoms with Crippen molar-refractivity contribution in [3.05, 3.63) is 77.4 Å². The average Bonchev–Trinajstić information content (AvgIpc) is 3.63. The van der Waals surface area contributed by atoms with Crippen LogP contribution in [0.25, 0.3) is 11.1 Å². The Bertz CT molecular complexity index is 1430. The number of amides is 3. The number of anilines is 1. The number of nitrogens with one attached hydrogen (secondary N) is 2. The molecule has 39 heavy (non-hydrogen) atoms. The quantitative estimate of drug-likeness (QED) is 0.411. The van der Waals surface area contributed by atoms with E-state index in [2.05, 4.69) is 10.6 Å². The molecule has 3 amide bonds. The van der Waals surface area contributed by atoms with Crippen LogP contribution in [0.2, 0.25) is 0 Å². The Morgan fingerprint density at radius 3 is 2.36 bits per heavy atom. The third-order valence-corrected chi connectivity index (χ3v) is 7.13. The third-order valence-electron chi connectivity index (χ3n) is 7.13. The smallest absolute Gasteiger partial charge is 0.253 e. The van der Waals surface area contributed by atoms with Crippen LogP contribution in [0.3, 0.4) is 0 Å². The summed E-state index contributed by atoms with van der Waals surface area (Å²) in [5, 5.41) is 15.2. The fourth-order valence-corrected chi connectivity index (χ4v) is 4.67. The molecule has 1 heterocycles. The summed E-state index contributed by atoms with van der Waals surface area (Å²) < 4.78 is 10.9. The lowest BCUT2D eigenvalue weighted by Gasteiger charge is -2.19. The summed E-state index contributed by atoms with van der Waals surface area (Å²) in [5.74, 6) is 0.692. The maximum atomic E-state index is 13.5. The molecule has 5 rings (SSSR count). The predicted molar refractivity (Wildman–Crippen MR) is 146 cm³/mol. The first-order valence-electron chi connectivity index (χ1n) is 12.8. The second kappa shape index (κ2) is 10.4. The molecule has 1 aliphatic carbocycles. The first-order chi connectivity index (χ1) is 18.7. The van der Waals surface area contributed by atoms with Gasteiger partial charge in [-0.05, 0) is 78.9 Å². The summed E-state index contributed by atoms with van der Waals surface area (Å²) in [6.45, 7) is 1.68. The molecule has 0 saturated heterocycles. The van der Waals surface area contributed by atoms with E-state index in [-0.39, 0.29) is 31.1 Å². The van der Waals surface area contributed by atoms with E-state index in [0.29, 0.717) is 52.3 Å². The zero-order valence-electron chi connectivity index (χ0n) is 22.1. The van der Waals surface area contributed by atoms with Crippen molar-refractivity contribution >= 4 is 23.4 Å². The molecule has 3 aromatic carbocycles. The number of nitrogens with zero attached hydrogens (tertiary/aromatic N) is 1. The van der Waals surface area contributed by atoms with Crippen molar-refractivity contribution in [3.8, 4) is 22.6 Å². The maximum absolute atomic E-state index is 13.5. The van der Waals surface area contributed by atoms with Crippen LogP contribution in [-0.4, -0.2) is 61.3 Å². The van der Waals surface area contributed by atoms with Gasteiger partial charge in [-0.15, -0.1) is 0 Å². The number of hydrogen-bond acceptors (Lipinski definition) is 6. The number of aliphatic hydroxyl groups is 1. The zero-order valence-corrected chi connectivity index (χ0v) is 22.1. The van der Waals surface area contributed by atoms with Crippen molar-refractivity contribution in [2.45, 2.75) is 31.2 Å². The largest absolute Gasteiger partial charge is 0.454 e. The number of fused-ring (bicyclic) bond motifs is 1. The van der Waals surface area contributed by atoms with E-state index in [1.807, 2.05) is 18.2 Å². The summed E-state index contributed by atoms with van der Waals surface area (Å²) in [6.07, 6.45) is 1.43. The molecule has 202 valence electrons. The first kappa shape index (κ1) is 26.2. The molecule has 0 unspecified atom stereocenters. The highest BCUT2D eigenvalue weighted by Gasteiger charge is 2.51. The molecule has 1 atom stereocenters. The van der Waals surface area contributed by atoms with E-state index in [1.54, 1.807) is 63.5 Å². The minimum atomic E-state index is -0.651. The van der Waals surface area contributed by atoms with Gasteiger partial charge in [0.2, 0.25) is 12.7 Å². The number of benzene rings is 3. The number of rotatable bonds is 8. The molecule has 1 fully saturated rings. The van der Waals surface area contributed by atoms with Gasteiger partial charge >= 0.3 is 0 Å². The summed E-state index contributed by atoms with van der Waals surface area (Å²) in [5.41, 5.74) is 2.97. The summed E-state index contributed by atoms with van der Waals surface area (Å²) >= 11 is 0. The molecule has 0 aromatic heterocycles. The number of aliphatic hydroxyl groups excluding tert-OH is 1. The topological polar surface area (TPSA) is 117 Å². The van der Waals surface area contributed by atoms with Crippen LogP contribution in [0.15, 0.2) is 60.7 Å². The third kappa shape index (κ3) is 5.18. The van der Waals surface area contributed by atoms with Gasteiger partial charge in [-0.2, -0.15) is 0 Å². The minimum absolute atomic E-state index is 0.129. The lowest BCUT2D eigenvalue weighted by atomic mass is 9.93. The summed E-state index contributed by atoms with van der Waals surface area (Å²) in [7, 11) is 3.37. The Hall–Kier alpha value is -4.37. The highest BCUT2D eigenvalue weighted by molar-refractivity contribution is 6.05. The molecular weight excluding hydrogens is 498 g/mol. The Labute approximate surface area is 226 Å².